The molecule has 0 amide bonds. The SMILES string of the molecule is COCCCC1CCCCC1.N. The van der Waals surface area contributed by atoms with Gasteiger partial charge in [0.05, 0.1) is 0 Å². The van der Waals surface area contributed by atoms with Gasteiger partial charge in [0.2, 0.25) is 0 Å². The smallest absolute Gasteiger partial charge is 0.0462 e. The summed E-state index contributed by atoms with van der Waals surface area (Å²) in [6, 6.07) is 0. The summed E-state index contributed by atoms with van der Waals surface area (Å²) in [6.07, 6.45) is 10.0. The average Bonchev–Trinajstić information content (AvgIpc) is 2.07. The largest absolute Gasteiger partial charge is 0.385 e. The number of methoxy groups -OCH3 is 1. The Balaban J connectivity index is 0.00000121. The number of hydrogen-bond donors (Lipinski definition) is 1. The van der Waals surface area contributed by atoms with E-state index in [1.807, 2.05) is 0 Å². The molecule has 12 heavy (non-hydrogen) atoms. The van der Waals surface area contributed by atoms with E-state index in [0.717, 1.165) is 12.5 Å². The standard InChI is InChI=1S/C10H20O.H3N/c1-11-9-5-8-10-6-3-2-4-7-10;/h10H,2-9H2,1H3;1H3. The molecule has 74 valence electrons. The van der Waals surface area contributed by atoms with E-state index in [9.17, 15) is 0 Å². The van der Waals surface area contributed by atoms with Gasteiger partial charge in [0, 0.05) is 13.7 Å². The Morgan fingerprint density at radius 3 is 2.42 bits per heavy atom. The van der Waals surface area contributed by atoms with Crippen LogP contribution in [0.2, 0.25) is 0 Å². The van der Waals surface area contributed by atoms with Crippen molar-refractivity contribution in [2.75, 3.05) is 13.7 Å². The Labute approximate surface area is 76.3 Å². The highest BCUT2D eigenvalue weighted by Crippen LogP contribution is 2.26. The summed E-state index contributed by atoms with van der Waals surface area (Å²) in [6.45, 7) is 0.955. The van der Waals surface area contributed by atoms with Crippen molar-refractivity contribution < 1.29 is 4.74 Å². The molecule has 2 heteroatoms. The summed E-state index contributed by atoms with van der Waals surface area (Å²) >= 11 is 0. The molecule has 3 N–H and O–H groups in total. The van der Waals surface area contributed by atoms with Crippen molar-refractivity contribution in [1.82, 2.24) is 6.15 Å². The molecule has 0 aromatic carbocycles. The molecule has 0 atom stereocenters. The van der Waals surface area contributed by atoms with Crippen LogP contribution >= 0.6 is 0 Å². The lowest BCUT2D eigenvalue weighted by molar-refractivity contribution is 0.181. The summed E-state index contributed by atoms with van der Waals surface area (Å²) in [5, 5.41) is 0. The Bertz CT molecular complexity index is 89.8. The van der Waals surface area contributed by atoms with Crippen molar-refractivity contribution in [3.05, 3.63) is 0 Å². The van der Waals surface area contributed by atoms with Crippen molar-refractivity contribution in [2.45, 2.75) is 44.9 Å². The molecule has 2 nitrogen and oxygen atoms in total. The minimum absolute atomic E-state index is 0. The van der Waals surface area contributed by atoms with Crippen LogP contribution in [0.1, 0.15) is 44.9 Å². The van der Waals surface area contributed by atoms with Gasteiger partial charge in [0.15, 0.2) is 0 Å². The molecule has 0 bridgehead atoms. The molecule has 0 aliphatic heterocycles. The highest BCUT2D eigenvalue weighted by molar-refractivity contribution is 4.65. The molecule has 1 saturated carbocycles. The summed E-state index contributed by atoms with van der Waals surface area (Å²) in [5.41, 5.74) is 0. The Morgan fingerprint density at radius 1 is 1.17 bits per heavy atom. The monoisotopic (exact) mass is 173 g/mol. The fourth-order valence-electron chi connectivity index (χ4n) is 1.99. The second-order valence-electron chi connectivity index (χ2n) is 3.64. The highest BCUT2D eigenvalue weighted by atomic mass is 16.5. The minimum Gasteiger partial charge on any atom is -0.385 e. The molecule has 1 aliphatic rings. The second-order valence-corrected chi connectivity index (χ2v) is 3.64. The third kappa shape index (κ3) is 4.73. The lowest BCUT2D eigenvalue weighted by Crippen LogP contribution is -2.06. The van der Waals surface area contributed by atoms with Crippen LogP contribution in [0.15, 0.2) is 0 Å². The van der Waals surface area contributed by atoms with Crippen molar-refractivity contribution in [1.29, 1.82) is 0 Å². The van der Waals surface area contributed by atoms with Crippen molar-refractivity contribution in [3.63, 3.8) is 0 Å². The molecule has 0 aromatic rings. The zero-order valence-electron chi connectivity index (χ0n) is 8.35. The zero-order valence-corrected chi connectivity index (χ0v) is 8.35. The Kier molecular flexibility index (Phi) is 7.51. The molecule has 0 aromatic heterocycles. The van der Waals surface area contributed by atoms with Gasteiger partial charge in [-0.3, -0.25) is 0 Å². The van der Waals surface area contributed by atoms with Gasteiger partial charge in [0.1, 0.15) is 0 Å². The second kappa shape index (κ2) is 7.56. The van der Waals surface area contributed by atoms with E-state index in [4.69, 9.17) is 4.74 Å². The first-order chi connectivity index (χ1) is 5.43. The van der Waals surface area contributed by atoms with Gasteiger partial charge in [-0.05, 0) is 18.8 Å². The molecule has 0 spiro atoms. The van der Waals surface area contributed by atoms with Crippen molar-refractivity contribution in [2.24, 2.45) is 5.92 Å². The maximum Gasteiger partial charge on any atom is 0.0462 e. The van der Waals surface area contributed by atoms with E-state index in [-0.39, 0.29) is 6.15 Å². The average molecular weight is 173 g/mol. The van der Waals surface area contributed by atoms with Crippen LogP contribution < -0.4 is 6.15 Å². The first-order valence-electron chi connectivity index (χ1n) is 4.92. The van der Waals surface area contributed by atoms with Crippen molar-refractivity contribution in [3.8, 4) is 0 Å². The van der Waals surface area contributed by atoms with Gasteiger partial charge in [-0.15, -0.1) is 0 Å². The minimum atomic E-state index is 0. The van der Waals surface area contributed by atoms with E-state index in [0.29, 0.717) is 0 Å². The van der Waals surface area contributed by atoms with Crippen LogP contribution in [0.25, 0.3) is 0 Å². The van der Waals surface area contributed by atoms with Crippen molar-refractivity contribution >= 4 is 0 Å². The van der Waals surface area contributed by atoms with Crippen LogP contribution in [0.3, 0.4) is 0 Å². The van der Waals surface area contributed by atoms with Crippen LogP contribution in [0, 0.1) is 5.92 Å². The maximum absolute atomic E-state index is 5.03. The quantitative estimate of drug-likeness (QED) is 0.664. The van der Waals surface area contributed by atoms with E-state index in [2.05, 4.69) is 0 Å². The summed E-state index contributed by atoms with van der Waals surface area (Å²) in [7, 11) is 1.79. The molecule has 1 aliphatic carbocycles. The van der Waals surface area contributed by atoms with Crippen LogP contribution in [0.5, 0.6) is 0 Å². The molecule has 0 saturated heterocycles. The molecular formula is C10H23NO. The van der Waals surface area contributed by atoms with Crippen LogP contribution in [0.4, 0.5) is 0 Å². The number of ether oxygens (including phenoxy) is 1. The maximum atomic E-state index is 5.03. The first kappa shape index (κ1) is 11.9. The van der Waals surface area contributed by atoms with E-state index in [1.54, 1.807) is 7.11 Å². The first-order valence-corrected chi connectivity index (χ1v) is 4.92. The number of hydrogen-bond acceptors (Lipinski definition) is 2. The fourth-order valence-corrected chi connectivity index (χ4v) is 1.99. The molecule has 1 fully saturated rings. The Morgan fingerprint density at radius 2 is 1.83 bits per heavy atom. The molecular weight excluding hydrogens is 150 g/mol. The Hall–Kier alpha value is -0.0800. The van der Waals surface area contributed by atoms with E-state index < -0.39 is 0 Å². The molecule has 0 unspecified atom stereocenters. The topological polar surface area (TPSA) is 44.2 Å². The lowest BCUT2D eigenvalue weighted by Gasteiger charge is -2.20. The van der Waals surface area contributed by atoms with E-state index in [1.165, 1.54) is 44.9 Å². The zero-order chi connectivity index (χ0) is 7.94. The fraction of sp³-hybridized carbons (Fsp3) is 1.00. The van der Waals surface area contributed by atoms with Crippen LogP contribution in [-0.2, 0) is 4.74 Å². The van der Waals surface area contributed by atoms with Gasteiger partial charge < -0.3 is 10.9 Å². The van der Waals surface area contributed by atoms with Gasteiger partial charge in [0.25, 0.3) is 0 Å². The van der Waals surface area contributed by atoms with Crippen LogP contribution in [-0.4, -0.2) is 13.7 Å². The van der Waals surface area contributed by atoms with Gasteiger partial charge in [-0.2, -0.15) is 0 Å². The summed E-state index contributed by atoms with van der Waals surface area (Å²) in [5.74, 6) is 1.03. The third-order valence-electron chi connectivity index (χ3n) is 2.69. The molecule has 1 rings (SSSR count). The summed E-state index contributed by atoms with van der Waals surface area (Å²) < 4.78 is 5.03. The third-order valence-corrected chi connectivity index (χ3v) is 2.69. The molecule has 0 heterocycles. The lowest BCUT2D eigenvalue weighted by atomic mass is 9.86. The normalized spacial score (nSPS) is 18.8. The van der Waals surface area contributed by atoms with Gasteiger partial charge >= 0.3 is 0 Å². The summed E-state index contributed by atoms with van der Waals surface area (Å²) in [4.78, 5) is 0. The predicted molar refractivity (Wildman–Crippen MR) is 52.7 cm³/mol. The number of rotatable bonds is 4. The van der Waals surface area contributed by atoms with Gasteiger partial charge in [-0.1, -0.05) is 32.1 Å². The predicted octanol–water partition coefficient (Wildman–Crippen LogP) is 3.16. The van der Waals surface area contributed by atoms with Gasteiger partial charge in [-0.25, -0.2) is 0 Å². The van der Waals surface area contributed by atoms with E-state index >= 15 is 0 Å². The molecule has 0 radical (unpaired) electrons. The highest BCUT2D eigenvalue weighted by Gasteiger charge is 2.11.